The molecule has 0 saturated carbocycles. The molecule has 0 aliphatic carbocycles. The van der Waals surface area contributed by atoms with Gasteiger partial charge in [0, 0.05) is 32.6 Å². The maximum Gasteiger partial charge on any atom is 0.326 e. The van der Waals surface area contributed by atoms with E-state index in [4.69, 9.17) is 23.2 Å². The molecule has 13 heteroatoms. The van der Waals surface area contributed by atoms with E-state index in [1.165, 1.54) is 39.5 Å². The first-order valence-electron chi connectivity index (χ1n) is 10.9. The number of aliphatic carboxylic acids is 1. The largest absolute Gasteiger partial charge is 0.480 e. The molecule has 0 bridgehead atoms. The predicted molar refractivity (Wildman–Crippen MR) is 129 cm³/mol. The molecule has 4 rings (SSSR count). The van der Waals surface area contributed by atoms with E-state index in [0.29, 0.717) is 4.90 Å². The number of hydrogen-bond donors (Lipinski definition) is 1. The van der Waals surface area contributed by atoms with Gasteiger partial charge in [0.1, 0.15) is 6.04 Å². The average Bonchev–Trinajstić information content (AvgIpc) is 3.11. The standard InChI is InChI=1S/C23H21Cl2N3O7S/c24-17-6-5-14(13-18(17)25)36(34,35)27-11-9-26(10-12-27)20(29)8-7-19(23(32)33)28-21(30)15-3-1-2-4-16(15)22(28)31/h1-6,13,19H,7-12H2,(H,32,33)/t19-/m0/s1. The number of carboxylic acid groups (broad SMARTS) is 1. The van der Waals surface area contributed by atoms with E-state index in [-0.39, 0.29) is 65.1 Å². The topological polar surface area (TPSA) is 132 Å². The van der Waals surface area contributed by atoms with Crippen LogP contribution in [0.4, 0.5) is 0 Å². The summed E-state index contributed by atoms with van der Waals surface area (Å²) in [5, 5.41) is 10.0. The Morgan fingerprint density at radius 3 is 2.03 bits per heavy atom. The van der Waals surface area contributed by atoms with Gasteiger partial charge < -0.3 is 10.0 Å². The minimum atomic E-state index is -3.84. The highest BCUT2D eigenvalue weighted by atomic mass is 35.5. The van der Waals surface area contributed by atoms with E-state index in [1.807, 2.05) is 0 Å². The number of halogens is 2. The summed E-state index contributed by atoms with van der Waals surface area (Å²) in [6.07, 6.45) is -0.495. The Bertz CT molecular complexity index is 1320. The van der Waals surface area contributed by atoms with Crippen molar-refractivity contribution in [1.82, 2.24) is 14.1 Å². The summed E-state index contributed by atoms with van der Waals surface area (Å²) in [5.74, 6) is -3.22. The van der Waals surface area contributed by atoms with Crippen LogP contribution in [-0.4, -0.2) is 83.5 Å². The highest BCUT2D eigenvalue weighted by Crippen LogP contribution is 2.28. The smallest absolute Gasteiger partial charge is 0.326 e. The lowest BCUT2D eigenvalue weighted by Gasteiger charge is -2.34. The van der Waals surface area contributed by atoms with Gasteiger partial charge in [0.2, 0.25) is 15.9 Å². The molecule has 10 nitrogen and oxygen atoms in total. The third kappa shape index (κ3) is 4.83. The molecule has 1 N–H and O–H groups in total. The van der Waals surface area contributed by atoms with Gasteiger partial charge in [0.05, 0.1) is 26.1 Å². The van der Waals surface area contributed by atoms with Gasteiger partial charge in [0.15, 0.2) is 0 Å². The zero-order chi connectivity index (χ0) is 26.2. The van der Waals surface area contributed by atoms with Crippen LogP contribution in [-0.2, 0) is 19.6 Å². The van der Waals surface area contributed by atoms with Gasteiger partial charge in [-0.2, -0.15) is 4.31 Å². The van der Waals surface area contributed by atoms with E-state index in [0.717, 1.165) is 0 Å². The Hall–Kier alpha value is -2.99. The van der Waals surface area contributed by atoms with Crippen LogP contribution in [0.2, 0.25) is 10.0 Å². The molecule has 0 aromatic heterocycles. The number of carbonyl (C=O) groups is 4. The molecule has 2 aliphatic rings. The molecular formula is C23H21Cl2N3O7S. The molecule has 2 heterocycles. The van der Waals surface area contributed by atoms with Crippen LogP contribution < -0.4 is 0 Å². The van der Waals surface area contributed by atoms with Crippen LogP contribution in [0.1, 0.15) is 33.6 Å². The SMILES string of the molecule is O=C(O)[C@H](CCC(=O)N1CCN(S(=O)(=O)c2ccc(Cl)c(Cl)c2)CC1)N1C(=O)c2ccccc2C1=O. The first-order chi connectivity index (χ1) is 17.0. The highest BCUT2D eigenvalue weighted by molar-refractivity contribution is 7.89. The van der Waals surface area contributed by atoms with Crippen molar-refractivity contribution in [3.05, 3.63) is 63.6 Å². The van der Waals surface area contributed by atoms with Gasteiger partial charge in [0.25, 0.3) is 11.8 Å². The Morgan fingerprint density at radius 1 is 0.917 bits per heavy atom. The Kier molecular flexibility index (Phi) is 7.37. The summed E-state index contributed by atoms with van der Waals surface area (Å²) >= 11 is 11.8. The zero-order valence-electron chi connectivity index (χ0n) is 18.8. The number of amides is 3. The van der Waals surface area contributed by atoms with Gasteiger partial charge in [-0.3, -0.25) is 19.3 Å². The summed E-state index contributed by atoms with van der Waals surface area (Å²) < 4.78 is 27.0. The summed E-state index contributed by atoms with van der Waals surface area (Å²) in [7, 11) is -3.84. The van der Waals surface area contributed by atoms with Crippen molar-refractivity contribution in [3.8, 4) is 0 Å². The summed E-state index contributed by atoms with van der Waals surface area (Å²) in [4.78, 5) is 52.1. The summed E-state index contributed by atoms with van der Waals surface area (Å²) in [5.41, 5.74) is 0.249. The number of hydrogen-bond acceptors (Lipinski definition) is 6. The molecule has 2 aromatic carbocycles. The fourth-order valence-corrected chi connectivity index (χ4v) is 6.05. The molecule has 1 fully saturated rings. The number of nitrogens with zero attached hydrogens (tertiary/aromatic N) is 3. The second-order valence-electron chi connectivity index (χ2n) is 8.28. The molecule has 36 heavy (non-hydrogen) atoms. The molecule has 3 amide bonds. The molecule has 2 aliphatic heterocycles. The van der Waals surface area contributed by atoms with E-state index < -0.39 is 39.8 Å². The second kappa shape index (κ2) is 10.2. The molecule has 190 valence electrons. The van der Waals surface area contributed by atoms with Crippen molar-refractivity contribution in [2.45, 2.75) is 23.8 Å². The zero-order valence-corrected chi connectivity index (χ0v) is 21.1. The lowest BCUT2D eigenvalue weighted by molar-refractivity contribution is -0.142. The van der Waals surface area contributed by atoms with Crippen LogP contribution in [0, 0.1) is 0 Å². The van der Waals surface area contributed by atoms with Crippen LogP contribution in [0.5, 0.6) is 0 Å². The number of fused-ring (bicyclic) bond motifs is 1. The molecule has 0 unspecified atom stereocenters. The number of rotatable bonds is 7. The minimum Gasteiger partial charge on any atom is -0.480 e. The van der Waals surface area contributed by atoms with Crippen molar-refractivity contribution in [2.75, 3.05) is 26.2 Å². The van der Waals surface area contributed by atoms with Gasteiger partial charge in [-0.05, 0) is 36.8 Å². The van der Waals surface area contributed by atoms with Crippen LogP contribution in [0.25, 0.3) is 0 Å². The molecule has 0 radical (unpaired) electrons. The average molecular weight is 554 g/mol. The second-order valence-corrected chi connectivity index (χ2v) is 11.0. The maximum atomic E-state index is 12.9. The van der Waals surface area contributed by atoms with Crippen LogP contribution in [0.3, 0.4) is 0 Å². The fraction of sp³-hybridized carbons (Fsp3) is 0.304. The number of sulfonamides is 1. The third-order valence-corrected chi connectivity index (χ3v) is 8.81. The van der Waals surface area contributed by atoms with Gasteiger partial charge in [-0.1, -0.05) is 35.3 Å². The number of benzene rings is 2. The minimum absolute atomic E-state index is 0.0121. The molecule has 0 spiro atoms. The van der Waals surface area contributed by atoms with Crippen molar-refractivity contribution >= 4 is 56.9 Å². The maximum absolute atomic E-state index is 12.9. The van der Waals surface area contributed by atoms with Gasteiger partial charge in [-0.25, -0.2) is 13.2 Å². The molecule has 1 saturated heterocycles. The Balaban J connectivity index is 1.37. The van der Waals surface area contributed by atoms with Crippen LogP contribution >= 0.6 is 23.2 Å². The quantitative estimate of drug-likeness (QED) is 0.520. The normalized spacial score (nSPS) is 17.3. The van der Waals surface area contributed by atoms with Gasteiger partial charge >= 0.3 is 5.97 Å². The van der Waals surface area contributed by atoms with Crippen LogP contribution in [0.15, 0.2) is 47.4 Å². The Labute approximate surface area is 217 Å². The van der Waals surface area contributed by atoms with E-state index in [9.17, 15) is 32.7 Å². The van der Waals surface area contributed by atoms with Crippen molar-refractivity contribution in [2.24, 2.45) is 0 Å². The van der Waals surface area contributed by atoms with Gasteiger partial charge in [-0.15, -0.1) is 0 Å². The lowest BCUT2D eigenvalue weighted by atomic mass is 10.1. The molecule has 2 aromatic rings. The number of carboxylic acids is 1. The van der Waals surface area contributed by atoms with E-state index >= 15 is 0 Å². The first-order valence-corrected chi connectivity index (χ1v) is 13.1. The van der Waals surface area contributed by atoms with Crippen molar-refractivity contribution < 1.29 is 32.7 Å². The van der Waals surface area contributed by atoms with Crippen molar-refractivity contribution in [3.63, 3.8) is 0 Å². The fourth-order valence-electron chi connectivity index (χ4n) is 4.24. The summed E-state index contributed by atoms with van der Waals surface area (Å²) in [6.45, 7) is 0.276. The number of imide groups is 1. The summed E-state index contributed by atoms with van der Waals surface area (Å²) in [6, 6.07) is 8.56. The van der Waals surface area contributed by atoms with E-state index in [1.54, 1.807) is 12.1 Å². The molecular weight excluding hydrogens is 533 g/mol. The lowest BCUT2D eigenvalue weighted by Crippen LogP contribution is -2.51. The third-order valence-electron chi connectivity index (χ3n) is 6.17. The highest BCUT2D eigenvalue weighted by Gasteiger charge is 2.43. The predicted octanol–water partition coefficient (Wildman–Crippen LogP) is 2.36. The monoisotopic (exact) mass is 553 g/mol. The Morgan fingerprint density at radius 2 is 1.50 bits per heavy atom. The van der Waals surface area contributed by atoms with Crippen molar-refractivity contribution in [1.29, 1.82) is 0 Å². The number of piperazine rings is 1. The molecule has 1 atom stereocenters. The first kappa shape index (κ1) is 26.1. The van der Waals surface area contributed by atoms with E-state index in [2.05, 4.69) is 0 Å². The number of carbonyl (C=O) groups excluding carboxylic acids is 3.